The summed E-state index contributed by atoms with van der Waals surface area (Å²) in [5.41, 5.74) is 7.44. The van der Waals surface area contributed by atoms with Gasteiger partial charge in [0.25, 0.3) is 0 Å². The summed E-state index contributed by atoms with van der Waals surface area (Å²) in [7, 11) is 0. The van der Waals surface area contributed by atoms with E-state index in [9.17, 15) is 8.78 Å². The number of benzene rings is 1. The Kier molecular flexibility index (Phi) is 4.29. The number of hydrogen-bond acceptors (Lipinski definition) is 3. The van der Waals surface area contributed by atoms with E-state index in [1.165, 1.54) is 12.1 Å². The number of aryl methyl sites for hydroxylation is 1. The molecule has 0 bridgehead atoms. The number of hydrogen-bond donors (Lipinski definition) is 1. The number of aromatic nitrogens is 1. The molecule has 0 saturated carbocycles. The molecule has 3 nitrogen and oxygen atoms in total. The van der Waals surface area contributed by atoms with Gasteiger partial charge in [0.1, 0.15) is 0 Å². The lowest BCUT2D eigenvalue weighted by atomic mass is 10.1. The van der Waals surface area contributed by atoms with E-state index in [1.807, 2.05) is 13.0 Å². The third-order valence-corrected chi connectivity index (χ3v) is 2.77. The van der Waals surface area contributed by atoms with E-state index in [2.05, 4.69) is 4.98 Å². The number of rotatable bonds is 4. The van der Waals surface area contributed by atoms with E-state index >= 15 is 0 Å². The molecule has 2 rings (SSSR count). The highest BCUT2D eigenvalue weighted by molar-refractivity contribution is 5.34. The van der Waals surface area contributed by atoms with Gasteiger partial charge in [-0.25, -0.2) is 9.37 Å². The summed E-state index contributed by atoms with van der Waals surface area (Å²) in [4.78, 5) is 4.13. The first kappa shape index (κ1) is 14.4. The van der Waals surface area contributed by atoms with Crippen LogP contribution >= 0.6 is 0 Å². The van der Waals surface area contributed by atoms with Gasteiger partial charge in [-0.3, -0.25) is 0 Å². The minimum Gasteiger partial charge on any atom is -0.436 e. The van der Waals surface area contributed by atoms with Crippen molar-refractivity contribution in [3.8, 4) is 11.6 Å². The second-order valence-electron chi connectivity index (χ2n) is 4.80. The fourth-order valence-corrected chi connectivity index (χ4v) is 1.88. The molecule has 1 aromatic carbocycles. The third-order valence-electron chi connectivity index (χ3n) is 2.77. The molecule has 106 valence electrons. The van der Waals surface area contributed by atoms with Gasteiger partial charge in [-0.05, 0) is 44.0 Å². The molecule has 0 aliphatic carbocycles. The van der Waals surface area contributed by atoms with E-state index in [0.717, 1.165) is 17.2 Å². The van der Waals surface area contributed by atoms with Crippen LogP contribution in [0.5, 0.6) is 11.6 Å². The van der Waals surface area contributed by atoms with E-state index < -0.39 is 11.6 Å². The van der Waals surface area contributed by atoms with E-state index in [4.69, 9.17) is 10.5 Å². The van der Waals surface area contributed by atoms with Crippen LogP contribution < -0.4 is 10.5 Å². The molecule has 2 N–H and O–H groups in total. The molecule has 1 aromatic heterocycles. The minimum absolute atomic E-state index is 0.0311. The van der Waals surface area contributed by atoms with Crippen molar-refractivity contribution in [1.82, 2.24) is 4.98 Å². The van der Waals surface area contributed by atoms with Crippen LogP contribution in [0.2, 0.25) is 0 Å². The summed E-state index contributed by atoms with van der Waals surface area (Å²) in [6, 6.07) is 5.68. The normalized spacial score (nSPS) is 12.2. The Bertz CT molecular complexity index is 615. The van der Waals surface area contributed by atoms with Gasteiger partial charge in [0.2, 0.25) is 11.7 Å². The Morgan fingerprint density at radius 1 is 1.35 bits per heavy atom. The highest BCUT2D eigenvalue weighted by atomic mass is 19.2. The van der Waals surface area contributed by atoms with Crippen LogP contribution in [-0.2, 0) is 6.42 Å². The lowest BCUT2D eigenvalue weighted by Gasteiger charge is -2.11. The van der Waals surface area contributed by atoms with Gasteiger partial charge >= 0.3 is 0 Å². The summed E-state index contributed by atoms with van der Waals surface area (Å²) in [5.74, 6) is -1.90. The first-order valence-corrected chi connectivity index (χ1v) is 6.30. The van der Waals surface area contributed by atoms with Crippen LogP contribution in [0.25, 0.3) is 0 Å². The average Bonchev–Trinajstić information content (AvgIpc) is 2.37. The van der Waals surface area contributed by atoms with Gasteiger partial charge in [-0.2, -0.15) is 4.39 Å². The minimum atomic E-state index is -1.02. The van der Waals surface area contributed by atoms with E-state index in [0.29, 0.717) is 6.42 Å². The number of pyridine rings is 1. The second kappa shape index (κ2) is 5.96. The number of nitrogens with zero attached hydrogens (tertiary/aromatic N) is 1. The molecule has 1 atom stereocenters. The molecule has 0 aliphatic rings. The molecular formula is C15H16F2N2O. The smallest absolute Gasteiger partial charge is 0.222 e. The van der Waals surface area contributed by atoms with Crippen LogP contribution in [-0.4, -0.2) is 11.0 Å². The van der Waals surface area contributed by atoms with Crippen molar-refractivity contribution in [3.63, 3.8) is 0 Å². The van der Waals surface area contributed by atoms with Gasteiger partial charge in [-0.1, -0.05) is 6.07 Å². The fourth-order valence-electron chi connectivity index (χ4n) is 1.88. The Labute approximate surface area is 116 Å². The maximum atomic E-state index is 13.5. The predicted octanol–water partition coefficient (Wildman–Crippen LogP) is 3.35. The maximum absolute atomic E-state index is 13.5. The highest BCUT2D eigenvalue weighted by Gasteiger charge is 2.12. The third kappa shape index (κ3) is 3.30. The molecule has 2 aromatic rings. The van der Waals surface area contributed by atoms with Gasteiger partial charge in [0, 0.05) is 17.8 Å². The molecular weight excluding hydrogens is 262 g/mol. The number of nitrogens with two attached hydrogens (primary N) is 1. The molecule has 0 fully saturated rings. The predicted molar refractivity (Wildman–Crippen MR) is 72.8 cm³/mol. The van der Waals surface area contributed by atoms with Crippen LogP contribution in [0.15, 0.2) is 30.5 Å². The van der Waals surface area contributed by atoms with Crippen molar-refractivity contribution in [3.05, 3.63) is 53.2 Å². The zero-order chi connectivity index (χ0) is 14.7. The van der Waals surface area contributed by atoms with Crippen molar-refractivity contribution >= 4 is 0 Å². The summed E-state index contributed by atoms with van der Waals surface area (Å²) in [6.07, 6.45) is 2.32. The molecule has 0 amide bonds. The highest BCUT2D eigenvalue weighted by Crippen LogP contribution is 2.27. The molecule has 0 spiro atoms. The first-order valence-electron chi connectivity index (χ1n) is 6.30. The number of ether oxygens (including phenoxy) is 1. The monoisotopic (exact) mass is 278 g/mol. The van der Waals surface area contributed by atoms with Gasteiger partial charge < -0.3 is 10.5 Å². The summed E-state index contributed by atoms with van der Waals surface area (Å²) >= 11 is 0. The molecule has 0 radical (unpaired) electrons. The first-order chi connectivity index (χ1) is 9.47. The lowest BCUT2D eigenvalue weighted by Crippen LogP contribution is -2.17. The second-order valence-corrected chi connectivity index (χ2v) is 4.80. The topological polar surface area (TPSA) is 48.1 Å². The van der Waals surface area contributed by atoms with Gasteiger partial charge in [0.05, 0.1) is 0 Å². The van der Waals surface area contributed by atoms with Crippen LogP contribution in [0.1, 0.15) is 18.1 Å². The van der Waals surface area contributed by atoms with Crippen LogP contribution in [0, 0.1) is 18.6 Å². The van der Waals surface area contributed by atoms with Crippen LogP contribution in [0.3, 0.4) is 0 Å². The largest absolute Gasteiger partial charge is 0.436 e. The van der Waals surface area contributed by atoms with Crippen LogP contribution in [0.4, 0.5) is 8.78 Å². The summed E-state index contributed by atoms with van der Waals surface area (Å²) < 4.78 is 32.0. The van der Waals surface area contributed by atoms with Crippen molar-refractivity contribution < 1.29 is 13.5 Å². The quantitative estimate of drug-likeness (QED) is 0.933. The molecule has 0 saturated heterocycles. The fraction of sp³-hybridized carbons (Fsp3) is 0.267. The molecule has 5 heteroatoms. The Balaban J connectivity index is 2.24. The Morgan fingerprint density at radius 3 is 2.75 bits per heavy atom. The van der Waals surface area contributed by atoms with Crippen molar-refractivity contribution in [2.45, 2.75) is 26.3 Å². The zero-order valence-electron chi connectivity index (χ0n) is 11.4. The molecule has 20 heavy (non-hydrogen) atoms. The molecule has 0 aliphatic heterocycles. The van der Waals surface area contributed by atoms with Crippen molar-refractivity contribution in [2.24, 2.45) is 5.73 Å². The van der Waals surface area contributed by atoms with Gasteiger partial charge in [0.15, 0.2) is 11.6 Å². The Morgan fingerprint density at radius 2 is 2.10 bits per heavy atom. The SMILES string of the molecule is Cc1cc(CC(C)N)cnc1Oc1cccc(F)c1F. The number of halogens is 2. The zero-order valence-corrected chi connectivity index (χ0v) is 11.4. The summed E-state index contributed by atoms with van der Waals surface area (Å²) in [6.45, 7) is 3.70. The standard InChI is InChI=1S/C15H16F2N2O/c1-9-6-11(7-10(2)18)8-19-15(9)20-13-5-3-4-12(16)14(13)17/h3-6,8,10H,7,18H2,1-2H3. The Hall–Kier alpha value is -2.01. The lowest BCUT2D eigenvalue weighted by molar-refractivity contribution is 0.403. The van der Waals surface area contributed by atoms with E-state index in [-0.39, 0.29) is 17.7 Å². The van der Waals surface area contributed by atoms with Crippen molar-refractivity contribution in [2.75, 3.05) is 0 Å². The maximum Gasteiger partial charge on any atom is 0.222 e. The van der Waals surface area contributed by atoms with Gasteiger partial charge in [-0.15, -0.1) is 0 Å². The molecule has 1 heterocycles. The molecule has 1 unspecified atom stereocenters. The summed E-state index contributed by atoms with van der Waals surface area (Å²) in [5, 5.41) is 0. The average molecular weight is 278 g/mol. The van der Waals surface area contributed by atoms with E-state index in [1.54, 1.807) is 13.1 Å². The van der Waals surface area contributed by atoms with Crippen molar-refractivity contribution in [1.29, 1.82) is 0 Å².